The lowest BCUT2D eigenvalue weighted by Crippen LogP contribution is -2.36. The van der Waals surface area contributed by atoms with E-state index >= 15 is 0 Å². The van der Waals surface area contributed by atoms with Crippen LogP contribution in [0, 0.1) is 17.0 Å². The van der Waals surface area contributed by atoms with Crippen LogP contribution in [-0.2, 0) is 0 Å². The van der Waals surface area contributed by atoms with Gasteiger partial charge in [0.05, 0.1) is 27.2 Å². The summed E-state index contributed by atoms with van der Waals surface area (Å²) < 4.78 is 0.924. The van der Waals surface area contributed by atoms with Crippen LogP contribution in [0.2, 0.25) is 0 Å². The lowest BCUT2D eigenvalue weighted by atomic mass is 9.84. The molecule has 2 atom stereocenters. The number of hydrogen-bond donors (Lipinski definition) is 3. The monoisotopic (exact) mass is 475 g/mol. The Morgan fingerprint density at radius 3 is 2.38 bits per heavy atom. The van der Waals surface area contributed by atoms with Crippen molar-refractivity contribution >= 4 is 39.2 Å². The van der Waals surface area contributed by atoms with E-state index in [1.807, 2.05) is 24.3 Å². The van der Waals surface area contributed by atoms with Gasteiger partial charge in [0.1, 0.15) is 11.3 Å². The molecule has 0 saturated carbocycles. The summed E-state index contributed by atoms with van der Waals surface area (Å²) in [4.78, 5) is 43.7. The van der Waals surface area contributed by atoms with Crippen molar-refractivity contribution in [1.29, 1.82) is 0 Å². The van der Waals surface area contributed by atoms with Crippen LogP contribution in [0.1, 0.15) is 62.5 Å². The topological polar surface area (TPSA) is 130 Å². The number of rotatable bonds is 5. The van der Waals surface area contributed by atoms with E-state index in [0.29, 0.717) is 29.7 Å². The maximum atomic E-state index is 12.9. The number of hydrogen-bond acceptors (Lipinski definition) is 6. The second kappa shape index (κ2) is 8.71. The van der Waals surface area contributed by atoms with Crippen molar-refractivity contribution in [3.8, 4) is 0 Å². The van der Waals surface area contributed by atoms with Gasteiger partial charge < -0.3 is 15.6 Å². The highest BCUT2D eigenvalue weighted by atomic mass is 32.1. The van der Waals surface area contributed by atoms with Gasteiger partial charge in [-0.15, -0.1) is 11.3 Å². The van der Waals surface area contributed by atoms with E-state index in [9.17, 15) is 19.7 Å². The molecule has 0 fully saturated rings. The fourth-order valence-electron chi connectivity index (χ4n) is 4.44. The minimum atomic E-state index is -0.503. The predicted molar refractivity (Wildman–Crippen MR) is 128 cm³/mol. The van der Waals surface area contributed by atoms with Crippen molar-refractivity contribution in [2.24, 2.45) is 0 Å². The van der Waals surface area contributed by atoms with Gasteiger partial charge in [-0.3, -0.25) is 19.7 Å². The van der Waals surface area contributed by atoms with Crippen LogP contribution < -0.4 is 10.6 Å². The predicted octanol–water partition coefficient (Wildman–Crippen LogP) is 4.58. The number of carbonyl (C=O) groups excluding carboxylic acids is 2. The number of thiazole rings is 1. The first-order valence-corrected chi connectivity index (χ1v) is 11.7. The van der Waals surface area contributed by atoms with Gasteiger partial charge >= 0.3 is 0 Å². The minimum absolute atomic E-state index is 0.114. The van der Waals surface area contributed by atoms with E-state index in [0.717, 1.165) is 15.8 Å². The minimum Gasteiger partial charge on any atom is -0.345 e. The van der Waals surface area contributed by atoms with Crippen molar-refractivity contribution in [2.45, 2.75) is 31.8 Å². The molecule has 5 rings (SSSR count). The zero-order valence-corrected chi connectivity index (χ0v) is 19.0. The van der Waals surface area contributed by atoms with Gasteiger partial charge in [0.15, 0.2) is 0 Å². The van der Waals surface area contributed by atoms with Gasteiger partial charge in [-0.05, 0) is 48.6 Å². The fraction of sp³-hybridized carbons (Fsp3) is 0.208. The van der Waals surface area contributed by atoms with E-state index in [2.05, 4.69) is 20.6 Å². The molecule has 0 bridgehead atoms. The molecule has 0 radical (unpaired) electrons. The van der Waals surface area contributed by atoms with Crippen molar-refractivity contribution < 1.29 is 14.5 Å². The number of nitrogens with one attached hydrogen (secondary N) is 3. The van der Waals surface area contributed by atoms with Crippen LogP contribution in [0.5, 0.6) is 0 Å². The number of aryl methyl sites for hydroxylation is 1. The van der Waals surface area contributed by atoms with Crippen LogP contribution >= 0.6 is 11.3 Å². The number of nitro groups is 1. The molecule has 0 aliphatic heterocycles. The van der Waals surface area contributed by atoms with Crippen LogP contribution in [0.15, 0.2) is 54.0 Å². The summed E-state index contributed by atoms with van der Waals surface area (Å²) in [6, 6.07) is 13.4. The molecular weight excluding hydrogens is 454 g/mol. The number of non-ortho nitro benzene ring substituents is 1. The average molecular weight is 476 g/mol. The SMILES string of the molecule is Cc1cc(C(=O)NC2CCC(NC(=O)c3cc4scnc4[nH]3)c3ccccc32)cc([N+](=O)[O-])c1. The highest BCUT2D eigenvalue weighted by Crippen LogP contribution is 2.36. The van der Waals surface area contributed by atoms with Gasteiger partial charge in [-0.1, -0.05) is 24.3 Å². The number of aromatic nitrogens is 2. The van der Waals surface area contributed by atoms with Crippen molar-refractivity contribution in [3.05, 3.63) is 92.1 Å². The molecule has 3 N–H and O–H groups in total. The zero-order chi connectivity index (χ0) is 23.8. The molecule has 2 heterocycles. The Bertz CT molecular complexity index is 1400. The normalized spacial score (nSPS) is 17.2. The number of aromatic amines is 1. The molecule has 2 amide bonds. The maximum absolute atomic E-state index is 12.9. The first kappa shape index (κ1) is 21.8. The van der Waals surface area contributed by atoms with Crippen LogP contribution in [0.3, 0.4) is 0 Å². The molecule has 2 aromatic carbocycles. The second-order valence-corrected chi connectivity index (χ2v) is 9.21. The summed E-state index contributed by atoms with van der Waals surface area (Å²) in [6.07, 6.45) is 1.25. The van der Waals surface area contributed by atoms with Gasteiger partial charge in [-0.25, -0.2) is 4.98 Å². The number of nitro benzene ring substituents is 1. The number of amides is 2. The largest absolute Gasteiger partial charge is 0.345 e. The van der Waals surface area contributed by atoms with E-state index in [-0.39, 0.29) is 35.1 Å². The second-order valence-electron chi connectivity index (χ2n) is 8.32. The summed E-state index contributed by atoms with van der Waals surface area (Å²) in [5.41, 5.74) is 5.52. The quantitative estimate of drug-likeness (QED) is 0.287. The number of H-pyrrole nitrogens is 1. The maximum Gasteiger partial charge on any atom is 0.270 e. The third-order valence-corrected chi connectivity index (χ3v) is 6.78. The summed E-state index contributed by atoms with van der Waals surface area (Å²) in [5.74, 6) is -0.576. The van der Waals surface area contributed by atoms with Gasteiger partial charge in [0, 0.05) is 17.7 Å². The summed E-state index contributed by atoms with van der Waals surface area (Å²) in [5, 5.41) is 17.3. The first-order chi connectivity index (χ1) is 16.4. The molecular formula is C24H21N5O4S. The lowest BCUT2D eigenvalue weighted by Gasteiger charge is -2.32. The number of benzene rings is 2. The van der Waals surface area contributed by atoms with E-state index < -0.39 is 4.92 Å². The summed E-state index contributed by atoms with van der Waals surface area (Å²) in [7, 11) is 0. The summed E-state index contributed by atoms with van der Waals surface area (Å²) >= 11 is 1.47. The van der Waals surface area contributed by atoms with Crippen LogP contribution in [0.25, 0.3) is 10.3 Å². The van der Waals surface area contributed by atoms with Crippen molar-refractivity contribution in [2.75, 3.05) is 0 Å². The smallest absolute Gasteiger partial charge is 0.270 e. The Labute approximate surface area is 198 Å². The van der Waals surface area contributed by atoms with Gasteiger partial charge in [0.25, 0.3) is 17.5 Å². The lowest BCUT2D eigenvalue weighted by molar-refractivity contribution is -0.384. The molecule has 10 heteroatoms. The number of fused-ring (bicyclic) bond motifs is 2. The Kier molecular flexibility index (Phi) is 5.58. The highest BCUT2D eigenvalue weighted by Gasteiger charge is 2.30. The number of nitrogens with zero attached hydrogens (tertiary/aromatic N) is 2. The van der Waals surface area contributed by atoms with Crippen LogP contribution in [-0.4, -0.2) is 26.7 Å². The Balaban J connectivity index is 1.35. The Morgan fingerprint density at radius 2 is 1.74 bits per heavy atom. The standard InChI is InChI=1S/C24H21N5O4S/c1-13-8-14(10-15(9-13)29(32)33)23(30)27-18-6-7-19(17-5-3-2-4-16(17)18)28-24(31)20-11-21-22(26-20)25-12-34-21/h2-5,8-12,18-19,26H,6-7H2,1H3,(H,27,30)(H,28,31). The van der Waals surface area contributed by atoms with E-state index in [4.69, 9.17) is 0 Å². The van der Waals surface area contributed by atoms with E-state index in [1.165, 1.54) is 23.5 Å². The van der Waals surface area contributed by atoms with Gasteiger partial charge in [-0.2, -0.15) is 0 Å². The molecule has 0 spiro atoms. The highest BCUT2D eigenvalue weighted by molar-refractivity contribution is 7.16. The van der Waals surface area contributed by atoms with E-state index in [1.54, 1.807) is 24.6 Å². The third-order valence-electron chi connectivity index (χ3n) is 6.00. The molecule has 172 valence electrons. The van der Waals surface area contributed by atoms with Crippen LogP contribution in [0.4, 0.5) is 5.69 Å². The van der Waals surface area contributed by atoms with Crippen molar-refractivity contribution in [1.82, 2.24) is 20.6 Å². The molecule has 1 aliphatic carbocycles. The Hall–Kier alpha value is -4.05. The van der Waals surface area contributed by atoms with Gasteiger partial charge in [0.2, 0.25) is 0 Å². The fourth-order valence-corrected chi connectivity index (χ4v) is 5.11. The van der Waals surface area contributed by atoms with Crippen molar-refractivity contribution in [3.63, 3.8) is 0 Å². The third kappa shape index (κ3) is 4.15. The molecule has 2 aromatic heterocycles. The first-order valence-electron chi connectivity index (χ1n) is 10.8. The summed E-state index contributed by atoms with van der Waals surface area (Å²) in [6.45, 7) is 1.72. The molecule has 9 nitrogen and oxygen atoms in total. The molecule has 1 aliphatic rings. The molecule has 2 unspecified atom stereocenters. The zero-order valence-electron chi connectivity index (χ0n) is 18.2. The molecule has 0 saturated heterocycles. The Morgan fingerprint density at radius 1 is 1.06 bits per heavy atom. The molecule has 4 aromatic rings. The number of carbonyl (C=O) groups is 2. The average Bonchev–Trinajstić information content (AvgIpc) is 3.43. The molecule has 34 heavy (non-hydrogen) atoms.